The van der Waals surface area contributed by atoms with Gasteiger partial charge in [0, 0.05) is 25.3 Å². The van der Waals surface area contributed by atoms with Crippen LogP contribution in [0.4, 0.5) is 11.5 Å². The van der Waals surface area contributed by atoms with Gasteiger partial charge in [-0.1, -0.05) is 24.3 Å². The quantitative estimate of drug-likeness (QED) is 0.140. The molecule has 1 aliphatic rings. The molecular weight excluding hydrogens is 528 g/mol. The zero-order valence-corrected chi connectivity index (χ0v) is 22.4. The van der Waals surface area contributed by atoms with E-state index in [2.05, 4.69) is 25.6 Å². The molecule has 0 unspecified atom stereocenters. The molecule has 4 aromatic rings. The number of nitrogens with one attached hydrogen (secondary N) is 2. The van der Waals surface area contributed by atoms with Gasteiger partial charge in [0.25, 0.3) is 0 Å². The minimum atomic E-state index is -1.20. The first-order valence-corrected chi connectivity index (χ1v) is 13.4. The minimum Gasteiger partial charge on any atom is -0.491 e. The molecule has 13 nitrogen and oxygen atoms in total. The lowest BCUT2D eigenvalue weighted by molar-refractivity contribution is -0.120. The largest absolute Gasteiger partial charge is 0.491 e. The molecule has 0 spiro atoms. The van der Waals surface area contributed by atoms with Gasteiger partial charge in [-0.15, -0.1) is 0 Å². The number of carbonyl (C=O) groups excluding carboxylic acids is 1. The number of ether oxygens (including phenoxy) is 2. The van der Waals surface area contributed by atoms with Gasteiger partial charge < -0.3 is 41.8 Å². The molecule has 0 bridgehead atoms. The molecule has 216 valence electrons. The Morgan fingerprint density at radius 1 is 1.00 bits per heavy atom. The fraction of sp³-hybridized carbons (Fsp3) is 0.357. The highest BCUT2D eigenvalue weighted by Gasteiger charge is 2.44. The van der Waals surface area contributed by atoms with E-state index >= 15 is 0 Å². The lowest BCUT2D eigenvalue weighted by Crippen LogP contribution is -2.34. The first-order chi connectivity index (χ1) is 19.9. The first-order valence-electron chi connectivity index (χ1n) is 13.4. The highest BCUT2D eigenvalue weighted by molar-refractivity contribution is 5.81. The fourth-order valence-electron chi connectivity index (χ4n) is 4.63. The molecule has 2 aromatic heterocycles. The molecule has 0 radical (unpaired) electrons. The molecule has 13 heteroatoms. The number of nitrogen functional groups attached to an aromatic ring is 1. The van der Waals surface area contributed by atoms with Crippen LogP contribution in [-0.2, 0) is 22.4 Å². The fourth-order valence-corrected chi connectivity index (χ4v) is 4.63. The summed E-state index contributed by atoms with van der Waals surface area (Å²) in [7, 11) is 0. The van der Waals surface area contributed by atoms with Crippen LogP contribution in [0.15, 0.2) is 61.2 Å². The zero-order valence-electron chi connectivity index (χ0n) is 22.4. The summed E-state index contributed by atoms with van der Waals surface area (Å²) >= 11 is 0. The number of aromatic nitrogens is 4. The first kappa shape index (κ1) is 28.2. The zero-order chi connectivity index (χ0) is 28.8. The number of fused-ring (bicyclic) bond motifs is 1. The smallest absolute Gasteiger partial charge is 0.224 e. The van der Waals surface area contributed by atoms with Gasteiger partial charge in [-0.25, -0.2) is 15.0 Å². The molecule has 0 aliphatic carbocycles. The SMILES string of the molecule is NCCNC(=O)Cc1ccc(NCCc2ccc(OC[C@H]3O[C@@H](n4cnc5c(N)ncnc54)[C@H](O)[C@@H]3O)cc2)cc1. The Morgan fingerprint density at radius 2 is 1.76 bits per heavy atom. The summed E-state index contributed by atoms with van der Waals surface area (Å²) in [6, 6.07) is 15.5. The number of hydrogen-bond acceptors (Lipinski definition) is 11. The van der Waals surface area contributed by atoms with E-state index in [0.717, 1.165) is 29.8 Å². The third kappa shape index (κ3) is 6.72. The summed E-state index contributed by atoms with van der Waals surface area (Å²) in [6.45, 7) is 1.68. The molecule has 2 aromatic carbocycles. The minimum absolute atomic E-state index is 0.0398. The van der Waals surface area contributed by atoms with E-state index in [1.807, 2.05) is 48.5 Å². The summed E-state index contributed by atoms with van der Waals surface area (Å²) in [4.78, 5) is 24.1. The highest BCUT2D eigenvalue weighted by Crippen LogP contribution is 2.32. The molecule has 3 heterocycles. The van der Waals surface area contributed by atoms with Crippen LogP contribution in [0.5, 0.6) is 5.75 Å². The second-order valence-corrected chi connectivity index (χ2v) is 9.77. The number of amides is 1. The van der Waals surface area contributed by atoms with Crippen molar-refractivity contribution in [2.75, 3.05) is 37.3 Å². The molecular formula is C28H34N8O5. The van der Waals surface area contributed by atoms with Gasteiger partial charge in [0.1, 0.15) is 42.5 Å². The third-order valence-corrected chi connectivity index (χ3v) is 6.86. The van der Waals surface area contributed by atoms with Gasteiger partial charge in [-0.3, -0.25) is 9.36 Å². The Morgan fingerprint density at radius 3 is 2.51 bits per heavy atom. The molecule has 5 rings (SSSR count). The van der Waals surface area contributed by atoms with Crippen LogP contribution in [0.1, 0.15) is 17.4 Å². The topological polar surface area (TPSA) is 196 Å². The van der Waals surface area contributed by atoms with Gasteiger partial charge in [0.15, 0.2) is 17.7 Å². The van der Waals surface area contributed by atoms with Crippen LogP contribution < -0.4 is 26.8 Å². The van der Waals surface area contributed by atoms with Crippen LogP contribution in [0.2, 0.25) is 0 Å². The van der Waals surface area contributed by atoms with Crippen molar-refractivity contribution in [1.82, 2.24) is 24.8 Å². The molecule has 41 heavy (non-hydrogen) atoms. The maximum Gasteiger partial charge on any atom is 0.224 e. The van der Waals surface area contributed by atoms with Crippen molar-refractivity contribution in [2.45, 2.75) is 37.4 Å². The molecule has 0 saturated carbocycles. The van der Waals surface area contributed by atoms with Gasteiger partial charge in [0.05, 0.1) is 12.7 Å². The second kappa shape index (κ2) is 12.9. The number of rotatable bonds is 12. The van der Waals surface area contributed by atoms with Gasteiger partial charge >= 0.3 is 0 Å². The van der Waals surface area contributed by atoms with Crippen molar-refractivity contribution >= 4 is 28.6 Å². The summed E-state index contributed by atoms with van der Waals surface area (Å²) < 4.78 is 13.3. The van der Waals surface area contributed by atoms with Crippen LogP contribution in [0.25, 0.3) is 11.2 Å². The van der Waals surface area contributed by atoms with Gasteiger partial charge in [0.2, 0.25) is 5.91 Å². The Balaban J connectivity index is 1.07. The number of nitrogens with two attached hydrogens (primary N) is 2. The Kier molecular flexibility index (Phi) is 8.89. The normalized spacial score (nSPS) is 20.3. The summed E-state index contributed by atoms with van der Waals surface area (Å²) in [5.41, 5.74) is 15.1. The number of anilines is 2. The van der Waals surface area contributed by atoms with Gasteiger partial charge in [-0.2, -0.15) is 0 Å². The number of carbonyl (C=O) groups is 1. The average molecular weight is 563 g/mol. The van der Waals surface area contributed by atoms with E-state index in [1.165, 1.54) is 17.2 Å². The third-order valence-electron chi connectivity index (χ3n) is 6.86. The molecule has 1 saturated heterocycles. The van der Waals surface area contributed by atoms with Gasteiger partial charge in [-0.05, 0) is 41.8 Å². The average Bonchev–Trinajstić information content (AvgIpc) is 3.53. The van der Waals surface area contributed by atoms with E-state index < -0.39 is 24.5 Å². The van der Waals surface area contributed by atoms with Crippen molar-refractivity contribution in [2.24, 2.45) is 5.73 Å². The Labute approximate surface area is 236 Å². The lowest BCUT2D eigenvalue weighted by atomic mass is 10.1. The molecule has 4 atom stereocenters. The van der Waals surface area contributed by atoms with Crippen molar-refractivity contribution < 1.29 is 24.5 Å². The Bertz CT molecular complexity index is 1450. The maximum absolute atomic E-state index is 11.8. The standard InChI is InChI=1S/C28H34N8O5/c29-10-12-32-22(37)13-18-1-5-19(6-2-18)31-11-9-17-3-7-20(8-4-17)40-14-21-24(38)25(39)28(41-21)36-16-35-23-26(30)33-15-34-27(23)36/h1-8,15-16,21,24-25,28,31,38-39H,9-14,29H2,(H,32,37)(H2,30,33,34)/t21-,24-,25-,28-/m1/s1. The number of hydrogen-bond donors (Lipinski definition) is 6. The molecule has 1 amide bonds. The highest BCUT2D eigenvalue weighted by atomic mass is 16.6. The number of benzene rings is 2. The van der Waals surface area contributed by atoms with E-state index in [9.17, 15) is 15.0 Å². The summed E-state index contributed by atoms with van der Waals surface area (Å²) in [5, 5.41) is 27.4. The molecule has 8 N–H and O–H groups in total. The molecule has 1 aliphatic heterocycles. The van der Waals surface area contributed by atoms with E-state index in [1.54, 1.807) is 0 Å². The number of imidazole rings is 1. The van der Waals surface area contributed by atoms with Crippen molar-refractivity contribution in [1.29, 1.82) is 0 Å². The van der Waals surface area contributed by atoms with E-state index in [0.29, 0.717) is 36.4 Å². The van der Waals surface area contributed by atoms with E-state index in [-0.39, 0.29) is 18.3 Å². The van der Waals surface area contributed by atoms with E-state index in [4.69, 9.17) is 20.9 Å². The second-order valence-electron chi connectivity index (χ2n) is 9.77. The molecule has 1 fully saturated rings. The van der Waals surface area contributed by atoms with Crippen LogP contribution in [0.3, 0.4) is 0 Å². The van der Waals surface area contributed by atoms with Crippen LogP contribution in [0, 0.1) is 0 Å². The predicted molar refractivity (Wildman–Crippen MR) is 152 cm³/mol. The number of aliphatic hydroxyl groups is 2. The lowest BCUT2D eigenvalue weighted by Gasteiger charge is -2.16. The summed E-state index contributed by atoms with van der Waals surface area (Å²) in [6.07, 6.45) is -0.141. The monoisotopic (exact) mass is 562 g/mol. The predicted octanol–water partition coefficient (Wildman–Crippen LogP) is 0.379. The number of aliphatic hydroxyl groups excluding tert-OH is 2. The summed E-state index contributed by atoms with van der Waals surface area (Å²) in [5.74, 6) is 0.800. The van der Waals surface area contributed by atoms with Crippen LogP contribution in [-0.4, -0.2) is 80.2 Å². The van der Waals surface area contributed by atoms with Crippen molar-refractivity contribution in [3.8, 4) is 5.75 Å². The van der Waals surface area contributed by atoms with Crippen molar-refractivity contribution in [3.63, 3.8) is 0 Å². The van der Waals surface area contributed by atoms with Crippen LogP contribution >= 0.6 is 0 Å². The number of nitrogens with zero attached hydrogens (tertiary/aromatic N) is 4. The Hall–Kier alpha value is -4.30. The maximum atomic E-state index is 11.8. The van der Waals surface area contributed by atoms with Crippen molar-refractivity contribution in [3.05, 3.63) is 72.3 Å².